The monoisotopic (exact) mass is 278 g/mol. The molecule has 1 rings (SSSR count). The van der Waals surface area contributed by atoms with E-state index in [4.69, 9.17) is 0 Å². The Kier molecular flexibility index (Phi) is 4.76. The van der Waals surface area contributed by atoms with Crippen LogP contribution in [0.15, 0.2) is 24.3 Å². The summed E-state index contributed by atoms with van der Waals surface area (Å²) in [7, 11) is 1.66. The molecule has 20 heavy (non-hydrogen) atoms. The molecule has 0 radical (unpaired) electrons. The molecule has 1 aromatic rings. The third-order valence-corrected chi connectivity index (χ3v) is 3.51. The minimum absolute atomic E-state index is 0.325. The number of rotatable bonds is 4. The normalized spacial score (nSPS) is 11.1. The molecule has 5 heteroatoms. The second-order valence-corrected chi connectivity index (χ2v) is 5.24. The lowest BCUT2D eigenvalue weighted by atomic mass is 10.0. The Morgan fingerprint density at radius 1 is 1.25 bits per heavy atom. The number of amides is 2. The average molecular weight is 278 g/mol. The molecule has 0 aliphatic heterocycles. The standard InChI is InChI=1S/C15H22N2O3/c1-6-17(15(3,4)13(18)19)14(20)16(5)12-10-8-7-9-11(12)2/h7-10H,6H2,1-5H3,(H,18,19). The lowest BCUT2D eigenvalue weighted by Crippen LogP contribution is -2.56. The van der Waals surface area contributed by atoms with Crippen LogP contribution < -0.4 is 4.90 Å². The van der Waals surface area contributed by atoms with E-state index in [2.05, 4.69) is 0 Å². The zero-order valence-corrected chi connectivity index (χ0v) is 12.7. The number of carbonyl (C=O) groups is 2. The van der Waals surface area contributed by atoms with Crippen molar-refractivity contribution in [3.63, 3.8) is 0 Å². The molecule has 0 fully saturated rings. The van der Waals surface area contributed by atoms with E-state index in [-0.39, 0.29) is 6.03 Å². The lowest BCUT2D eigenvalue weighted by molar-refractivity contribution is -0.147. The van der Waals surface area contributed by atoms with Gasteiger partial charge < -0.3 is 10.0 Å². The lowest BCUT2D eigenvalue weighted by Gasteiger charge is -2.37. The van der Waals surface area contributed by atoms with Crippen molar-refractivity contribution in [1.82, 2.24) is 4.90 Å². The molecule has 0 aromatic heterocycles. The van der Waals surface area contributed by atoms with Gasteiger partial charge in [-0.3, -0.25) is 4.90 Å². The van der Waals surface area contributed by atoms with Gasteiger partial charge in [0.2, 0.25) is 0 Å². The summed E-state index contributed by atoms with van der Waals surface area (Å²) in [5.41, 5.74) is 0.493. The third-order valence-electron chi connectivity index (χ3n) is 3.51. The Balaban J connectivity index is 3.10. The van der Waals surface area contributed by atoms with E-state index < -0.39 is 11.5 Å². The summed E-state index contributed by atoms with van der Waals surface area (Å²) in [5, 5.41) is 9.29. The highest BCUT2D eigenvalue weighted by atomic mass is 16.4. The van der Waals surface area contributed by atoms with Gasteiger partial charge in [-0.15, -0.1) is 0 Å². The number of hydrogen-bond donors (Lipinski definition) is 1. The molecule has 2 amide bonds. The van der Waals surface area contributed by atoms with Gasteiger partial charge in [0.1, 0.15) is 5.54 Å². The van der Waals surface area contributed by atoms with Gasteiger partial charge in [-0.25, -0.2) is 9.59 Å². The molecule has 0 aliphatic rings. The minimum Gasteiger partial charge on any atom is -0.480 e. The van der Waals surface area contributed by atoms with Crippen molar-refractivity contribution in [3.05, 3.63) is 29.8 Å². The van der Waals surface area contributed by atoms with Crippen LogP contribution in [-0.2, 0) is 4.79 Å². The maximum absolute atomic E-state index is 12.6. The number of anilines is 1. The van der Waals surface area contributed by atoms with Crippen LogP contribution in [0.4, 0.5) is 10.5 Å². The first kappa shape index (κ1) is 16.0. The van der Waals surface area contributed by atoms with Gasteiger partial charge in [0.15, 0.2) is 0 Å². The van der Waals surface area contributed by atoms with Gasteiger partial charge in [-0.05, 0) is 39.3 Å². The summed E-state index contributed by atoms with van der Waals surface area (Å²) in [5.74, 6) is -1.02. The number of carboxylic acid groups (broad SMARTS) is 1. The zero-order valence-electron chi connectivity index (χ0n) is 12.7. The van der Waals surface area contributed by atoms with Crippen molar-refractivity contribution in [2.75, 3.05) is 18.5 Å². The predicted octanol–water partition coefficient (Wildman–Crippen LogP) is 2.74. The van der Waals surface area contributed by atoms with E-state index >= 15 is 0 Å². The minimum atomic E-state index is -1.25. The first-order chi connectivity index (χ1) is 9.23. The Labute approximate surface area is 119 Å². The van der Waals surface area contributed by atoms with E-state index in [1.807, 2.05) is 31.2 Å². The number of aliphatic carboxylic acids is 1. The van der Waals surface area contributed by atoms with Crippen LogP contribution in [0.3, 0.4) is 0 Å². The molecule has 110 valence electrons. The Hall–Kier alpha value is -2.04. The van der Waals surface area contributed by atoms with Crippen LogP contribution in [0.25, 0.3) is 0 Å². The first-order valence-electron chi connectivity index (χ1n) is 6.57. The Bertz CT molecular complexity index is 512. The van der Waals surface area contributed by atoms with Crippen LogP contribution in [-0.4, -0.2) is 41.1 Å². The fourth-order valence-corrected chi connectivity index (χ4v) is 2.11. The fourth-order valence-electron chi connectivity index (χ4n) is 2.11. The summed E-state index contributed by atoms with van der Waals surface area (Å²) in [6.45, 7) is 7.07. The second-order valence-electron chi connectivity index (χ2n) is 5.24. The second kappa shape index (κ2) is 5.94. The average Bonchev–Trinajstić information content (AvgIpc) is 2.38. The molecule has 0 saturated carbocycles. The zero-order chi connectivity index (χ0) is 15.5. The fraction of sp³-hybridized carbons (Fsp3) is 0.467. The number of urea groups is 1. The third kappa shape index (κ3) is 2.92. The molecule has 5 nitrogen and oxygen atoms in total. The van der Waals surface area contributed by atoms with Gasteiger partial charge in [0.05, 0.1) is 0 Å². The molecule has 0 saturated heterocycles. The largest absolute Gasteiger partial charge is 0.480 e. The van der Waals surface area contributed by atoms with Gasteiger partial charge in [0, 0.05) is 19.3 Å². The molecule has 0 unspecified atom stereocenters. The molecule has 0 spiro atoms. The van der Waals surface area contributed by atoms with Crippen molar-refractivity contribution in [2.45, 2.75) is 33.2 Å². The van der Waals surface area contributed by atoms with Crippen LogP contribution >= 0.6 is 0 Å². The van der Waals surface area contributed by atoms with Crippen LogP contribution in [0, 0.1) is 6.92 Å². The Morgan fingerprint density at radius 2 is 1.80 bits per heavy atom. The van der Waals surface area contributed by atoms with E-state index in [0.29, 0.717) is 6.54 Å². The topological polar surface area (TPSA) is 60.9 Å². The summed E-state index contributed by atoms with van der Waals surface area (Å²) < 4.78 is 0. The van der Waals surface area contributed by atoms with Crippen LogP contribution in [0.5, 0.6) is 0 Å². The van der Waals surface area contributed by atoms with Gasteiger partial charge in [0.25, 0.3) is 0 Å². The molecule has 0 atom stereocenters. The maximum atomic E-state index is 12.6. The molecular weight excluding hydrogens is 256 g/mol. The summed E-state index contributed by atoms with van der Waals surface area (Å²) in [6, 6.07) is 7.18. The Morgan fingerprint density at radius 3 is 2.25 bits per heavy atom. The summed E-state index contributed by atoms with van der Waals surface area (Å²) in [4.78, 5) is 26.7. The molecule has 0 bridgehead atoms. The number of carboxylic acids is 1. The highest BCUT2D eigenvalue weighted by Gasteiger charge is 2.38. The smallest absolute Gasteiger partial charge is 0.329 e. The highest BCUT2D eigenvalue weighted by molar-refractivity contribution is 5.95. The predicted molar refractivity (Wildman–Crippen MR) is 79.1 cm³/mol. The SMILES string of the molecule is CCN(C(=O)N(C)c1ccccc1C)C(C)(C)C(=O)O. The van der Waals surface area contributed by atoms with Crippen molar-refractivity contribution < 1.29 is 14.7 Å². The number of aryl methyl sites for hydroxylation is 1. The molecule has 0 heterocycles. The first-order valence-corrected chi connectivity index (χ1v) is 6.57. The quantitative estimate of drug-likeness (QED) is 0.921. The molecular formula is C15H22N2O3. The van der Waals surface area contributed by atoms with Crippen molar-refractivity contribution >= 4 is 17.7 Å². The summed E-state index contributed by atoms with van der Waals surface area (Å²) in [6.07, 6.45) is 0. The van der Waals surface area contributed by atoms with E-state index in [1.165, 1.54) is 23.6 Å². The summed E-state index contributed by atoms with van der Waals surface area (Å²) >= 11 is 0. The van der Waals surface area contributed by atoms with Crippen LogP contribution in [0.2, 0.25) is 0 Å². The number of hydrogen-bond acceptors (Lipinski definition) is 2. The maximum Gasteiger partial charge on any atom is 0.329 e. The molecule has 0 aliphatic carbocycles. The van der Waals surface area contributed by atoms with Crippen molar-refractivity contribution in [1.29, 1.82) is 0 Å². The number of nitrogens with zero attached hydrogens (tertiary/aromatic N) is 2. The van der Waals surface area contributed by atoms with E-state index in [0.717, 1.165) is 11.3 Å². The van der Waals surface area contributed by atoms with Crippen LogP contribution in [0.1, 0.15) is 26.3 Å². The van der Waals surface area contributed by atoms with Crippen molar-refractivity contribution in [3.8, 4) is 0 Å². The van der Waals surface area contributed by atoms with Gasteiger partial charge in [-0.2, -0.15) is 0 Å². The van der Waals surface area contributed by atoms with E-state index in [1.54, 1.807) is 14.0 Å². The molecule has 1 aromatic carbocycles. The van der Waals surface area contributed by atoms with Gasteiger partial charge >= 0.3 is 12.0 Å². The highest BCUT2D eigenvalue weighted by Crippen LogP contribution is 2.22. The number of para-hydroxylation sites is 1. The van der Waals surface area contributed by atoms with Crippen molar-refractivity contribution in [2.24, 2.45) is 0 Å². The number of likely N-dealkylation sites (N-methyl/N-ethyl adjacent to an activating group) is 1. The van der Waals surface area contributed by atoms with Gasteiger partial charge in [-0.1, -0.05) is 18.2 Å². The molecule has 1 N–H and O–H groups in total. The number of carbonyl (C=O) groups excluding carboxylic acids is 1. The number of benzene rings is 1. The van der Waals surface area contributed by atoms with E-state index in [9.17, 15) is 14.7 Å².